The molecule has 0 radical (unpaired) electrons. The Morgan fingerprint density at radius 3 is 2.44 bits per heavy atom. The molecule has 0 amide bonds. The summed E-state index contributed by atoms with van der Waals surface area (Å²) in [6.07, 6.45) is 0. The highest BCUT2D eigenvalue weighted by Crippen LogP contribution is 2.37. The molecule has 2 N–H and O–H groups in total. The van der Waals surface area contributed by atoms with Crippen LogP contribution in [-0.2, 0) is 9.15 Å². The quantitative estimate of drug-likeness (QED) is 0.637. The van der Waals surface area contributed by atoms with Gasteiger partial charge in [-0.2, -0.15) is 8.42 Å². The monoisotopic (exact) mass is 256 g/mol. The van der Waals surface area contributed by atoms with E-state index in [0.717, 1.165) is 5.39 Å². The molecule has 2 aromatic carbocycles. The van der Waals surface area contributed by atoms with Gasteiger partial charge in [0.15, 0.2) is 0 Å². The Bertz CT molecular complexity index is 634. The Balaban J connectivity index is 2.61. The van der Waals surface area contributed by atoms with Gasteiger partial charge in [0.1, 0.15) is 5.75 Å². The SMILES string of the molecule is O=S(=O)(O)Sc1ccc2ccccc2c1O. The van der Waals surface area contributed by atoms with E-state index in [4.69, 9.17) is 4.55 Å². The predicted octanol–water partition coefficient (Wildman–Crippen LogP) is 2.44. The van der Waals surface area contributed by atoms with Crippen LogP contribution in [0.5, 0.6) is 5.75 Å². The van der Waals surface area contributed by atoms with E-state index in [2.05, 4.69) is 0 Å². The van der Waals surface area contributed by atoms with Crippen LogP contribution in [-0.4, -0.2) is 18.1 Å². The second-order valence-electron chi connectivity index (χ2n) is 3.14. The van der Waals surface area contributed by atoms with Gasteiger partial charge in [-0.3, -0.25) is 4.55 Å². The summed E-state index contributed by atoms with van der Waals surface area (Å²) >= 11 is 0. The van der Waals surface area contributed by atoms with Crippen molar-refractivity contribution in [1.29, 1.82) is 0 Å². The molecular weight excluding hydrogens is 248 g/mol. The maximum Gasteiger partial charge on any atom is 0.324 e. The third-order valence-electron chi connectivity index (χ3n) is 2.06. The minimum absolute atomic E-state index is 0.112. The van der Waals surface area contributed by atoms with Gasteiger partial charge in [0.25, 0.3) is 0 Å². The number of aromatic hydroxyl groups is 1. The van der Waals surface area contributed by atoms with Crippen molar-refractivity contribution in [3.05, 3.63) is 36.4 Å². The van der Waals surface area contributed by atoms with Crippen molar-refractivity contribution in [3.8, 4) is 5.75 Å². The van der Waals surface area contributed by atoms with Crippen LogP contribution >= 0.6 is 10.8 Å². The van der Waals surface area contributed by atoms with Crippen LogP contribution in [0.3, 0.4) is 0 Å². The molecule has 0 aliphatic rings. The maximum atomic E-state index is 10.7. The van der Waals surface area contributed by atoms with Gasteiger partial charge in [-0.15, -0.1) is 0 Å². The Hall–Kier alpha value is -1.24. The van der Waals surface area contributed by atoms with Gasteiger partial charge >= 0.3 is 9.15 Å². The highest BCUT2D eigenvalue weighted by atomic mass is 33.1. The predicted molar refractivity (Wildman–Crippen MR) is 63.0 cm³/mol. The Labute approximate surface area is 96.1 Å². The smallest absolute Gasteiger partial charge is 0.324 e. The average molecular weight is 256 g/mol. The van der Waals surface area contributed by atoms with E-state index >= 15 is 0 Å². The van der Waals surface area contributed by atoms with Gasteiger partial charge in [0.2, 0.25) is 0 Å². The van der Waals surface area contributed by atoms with E-state index in [0.29, 0.717) is 5.39 Å². The zero-order valence-corrected chi connectivity index (χ0v) is 9.62. The molecule has 0 aromatic heterocycles. The largest absolute Gasteiger partial charge is 0.506 e. The van der Waals surface area contributed by atoms with Crippen LogP contribution in [0.15, 0.2) is 41.3 Å². The van der Waals surface area contributed by atoms with Crippen LogP contribution in [0.4, 0.5) is 0 Å². The summed E-state index contributed by atoms with van der Waals surface area (Å²) < 4.78 is 30.1. The molecule has 0 spiro atoms. The van der Waals surface area contributed by atoms with Crippen molar-refractivity contribution in [1.82, 2.24) is 0 Å². The molecule has 0 saturated heterocycles. The summed E-state index contributed by atoms with van der Waals surface area (Å²) in [5.74, 6) is -0.138. The molecule has 0 heterocycles. The number of phenols is 1. The van der Waals surface area contributed by atoms with Crippen molar-refractivity contribution in [2.75, 3.05) is 0 Å². The first-order valence-electron chi connectivity index (χ1n) is 4.35. The summed E-state index contributed by atoms with van der Waals surface area (Å²) in [5, 5.41) is 11.2. The number of fused-ring (bicyclic) bond motifs is 1. The third kappa shape index (κ3) is 2.29. The molecule has 4 nitrogen and oxygen atoms in total. The number of benzene rings is 2. The molecule has 2 aromatic rings. The molecule has 0 aliphatic heterocycles. The Kier molecular flexibility index (Phi) is 2.79. The van der Waals surface area contributed by atoms with Crippen LogP contribution < -0.4 is 0 Å². The lowest BCUT2D eigenvalue weighted by Gasteiger charge is -2.05. The summed E-state index contributed by atoms with van der Waals surface area (Å²) in [6.45, 7) is 0. The summed E-state index contributed by atoms with van der Waals surface area (Å²) in [7, 11) is -3.99. The van der Waals surface area contributed by atoms with E-state index < -0.39 is 9.15 Å². The van der Waals surface area contributed by atoms with Crippen molar-refractivity contribution in [3.63, 3.8) is 0 Å². The van der Waals surface area contributed by atoms with Crippen LogP contribution in [0.2, 0.25) is 0 Å². The number of hydrogen-bond donors (Lipinski definition) is 2. The molecule has 84 valence electrons. The normalized spacial score (nSPS) is 11.8. The summed E-state index contributed by atoms with van der Waals surface area (Å²) in [4.78, 5) is 0.112. The fourth-order valence-electron chi connectivity index (χ4n) is 1.42. The lowest BCUT2D eigenvalue weighted by molar-refractivity contribution is 0.468. The molecule has 6 heteroatoms. The molecule has 0 saturated carbocycles. The summed E-state index contributed by atoms with van der Waals surface area (Å²) in [6, 6.07) is 10.2. The van der Waals surface area contributed by atoms with E-state index in [1.807, 2.05) is 6.07 Å². The number of phenolic OH excluding ortho intramolecular Hbond substituents is 1. The van der Waals surface area contributed by atoms with Gasteiger partial charge in [0, 0.05) is 16.2 Å². The first-order chi connectivity index (χ1) is 7.47. The van der Waals surface area contributed by atoms with Gasteiger partial charge < -0.3 is 5.11 Å². The molecule has 0 aliphatic carbocycles. The number of hydrogen-bond acceptors (Lipinski definition) is 4. The average Bonchev–Trinajstić information content (AvgIpc) is 2.21. The van der Waals surface area contributed by atoms with E-state index in [-0.39, 0.29) is 21.4 Å². The molecule has 0 fully saturated rings. The minimum atomic E-state index is -4.21. The topological polar surface area (TPSA) is 74.6 Å². The van der Waals surface area contributed by atoms with Gasteiger partial charge in [-0.05, 0) is 11.5 Å². The molecular formula is C10H8O4S2. The lowest BCUT2D eigenvalue weighted by Crippen LogP contribution is -1.89. The van der Waals surface area contributed by atoms with Gasteiger partial charge in [-0.1, -0.05) is 30.3 Å². The van der Waals surface area contributed by atoms with E-state index in [9.17, 15) is 13.5 Å². The Morgan fingerprint density at radius 1 is 1.06 bits per heavy atom. The second-order valence-corrected chi connectivity index (χ2v) is 6.37. The second kappa shape index (κ2) is 3.97. The van der Waals surface area contributed by atoms with Crippen LogP contribution in [0.25, 0.3) is 10.8 Å². The van der Waals surface area contributed by atoms with Crippen molar-refractivity contribution in [2.24, 2.45) is 0 Å². The molecule has 0 unspecified atom stereocenters. The zero-order valence-electron chi connectivity index (χ0n) is 7.99. The van der Waals surface area contributed by atoms with Crippen molar-refractivity contribution >= 4 is 30.7 Å². The van der Waals surface area contributed by atoms with Crippen molar-refractivity contribution in [2.45, 2.75) is 4.90 Å². The molecule has 0 bridgehead atoms. The minimum Gasteiger partial charge on any atom is -0.506 e. The van der Waals surface area contributed by atoms with Gasteiger partial charge in [-0.25, -0.2) is 0 Å². The van der Waals surface area contributed by atoms with Crippen molar-refractivity contribution < 1.29 is 18.1 Å². The summed E-state index contributed by atoms with van der Waals surface area (Å²) in [5.41, 5.74) is 0. The zero-order chi connectivity index (χ0) is 11.8. The molecule has 0 atom stereocenters. The first-order valence-corrected chi connectivity index (χ1v) is 7.12. The first kappa shape index (κ1) is 11.3. The maximum absolute atomic E-state index is 10.7. The highest BCUT2D eigenvalue weighted by molar-refractivity contribution is 8.70. The fraction of sp³-hybridized carbons (Fsp3) is 0. The Morgan fingerprint density at radius 2 is 1.75 bits per heavy atom. The fourth-order valence-corrected chi connectivity index (χ4v) is 3.04. The molecule has 2 rings (SSSR count). The van der Waals surface area contributed by atoms with Gasteiger partial charge in [0.05, 0.1) is 4.90 Å². The molecule has 16 heavy (non-hydrogen) atoms. The van der Waals surface area contributed by atoms with E-state index in [1.54, 1.807) is 24.3 Å². The van der Waals surface area contributed by atoms with E-state index in [1.165, 1.54) is 6.07 Å². The lowest BCUT2D eigenvalue weighted by atomic mass is 10.1. The standard InChI is InChI=1S/C10H8O4S2/c11-10-8-4-2-1-3-7(8)5-6-9(10)15-16(12,13)14/h1-6,11H,(H,12,13,14). The van der Waals surface area contributed by atoms with Crippen LogP contribution in [0.1, 0.15) is 0 Å². The highest BCUT2D eigenvalue weighted by Gasteiger charge is 2.13. The third-order valence-corrected chi connectivity index (χ3v) is 3.95. The van der Waals surface area contributed by atoms with Crippen LogP contribution in [0, 0.1) is 0 Å². The number of rotatable bonds is 2.